The molecule has 5 nitrogen and oxygen atoms in total. The molecule has 0 saturated carbocycles. The Morgan fingerprint density at radius 1 is 0.900 bits per heavy atom. The largest absolute Gasteiger partial charge is 0.496 e. The Hall–Kier alpha value is -2.83. The average molecular weight is 488 g/mol. The number of aryl methyl sites for hydroxylation is 1. The van der Waals surface area contributed by atoms with Crippen molar-refractivity contribution in [2.75, 3.05) is 17.7 Å². The van der Waals surface area contributed by atoms with E-state index in [-0.39, 0.29) is 11.8 Å². The van der Waals surface area contributed by atoms with Gasteiger partial charge in [-0.25, -0.2) is 0 Å². The Morgan fingerprint density at radius 3 is 2.20 bits per heavy atom. The number of carbonyl (C=O) groups excluding carboxylic acids is 2. The monoisotopic (exact) mass is 486 g/mol. The molecule has 7 heteroatoms. The highest BCUT2D eigenvalue weighted by atomic mass is 79.9. The second-order valence-corrected chi connectivity index (χ2v) is 7.82. The van der Waals surface area contributed by atoms with Crippen LogP contribution in [0.25, 0.3) is 0 Å². The van der Waals surface area contributed by atoms with E-state index in [2.05, 4.69) is 26.6 Å². The third-order valence-corrected chi connectivity index (χ3v) is 5.35. The fourth-order valence-corrected chi connectivity index (χ4v) is 3.33. The molecule has 0 aromatic heterocycles. The van der Waals surface area contributed by atoms with Gasteiger partial charge in [-0.05, 0) is 66.6 Å². The molecule has 154 valence electrons. The van der Waals surface area contributed by atoms with Crippen molar-refractivity contribution in [1.29, 1.82) is 0 Å². The number of amides is 2. The van der Waals surface area contributed by atoms with Crippen LogP contribution in [0.4, 0.5) is 11.4 Å². The van der Waals surface area contributed by atoms with Gasteiger partial charge in [-0.3, -0.25) is 9.59 Å². The summed E-state index contributed by atoms with van der Waals surface area (Å²) in [4.78, 5) is 25.5. The van der Waals surface area contributed by atoms with Crippen molar-refractivity contribution in [3.8, 4) is 5.75 Å². The summed E-state index contributed by atoms with van der Waals surface area (Å²) in [5.41, 5.74) is 2.79. The predicted octanol–water partition coefficient (Wildman–Crippen LogP) is 6.18. The number of rotatable bonds is 6. The van der Waals surface area contributed by atoms with E-state index in [0.29, 0.717) is 33.3 Å². The van der Waals surface area contributed by atoms with Crippen LogP contribution in [0.3, 0.4) is 0 Å². The number of benzene rings is 3. The van der Waals surface area contributed by atoms with Crippen LogP contribution in [0, 0.1) is 0 Å². The van der Waals surface area contributed by atoms with Gasteiger partial charge in [0.1, 0.15) is 5.75 Å². The summed E-state index contributed by atoms with van der Waals surface area (Å²) in [6.45, 7) is 2.00. The van der Waals surface area contributed by atoms with Gasteiger partial charge in [0.15, 0.2) is 0 Å². The van der Waals surface area contributed by atoms with Crippen LogP contribution < -0.4 is 15.4 Å². The lowest BCUT2D eigenvalue weighted by atomic mass is 10.1. The minimum absolute atomic E-state index is 0.298. The normalized spacial score (nSPS) is 10.4. The first-order valence-corrected chi connectivity index (χ1v) is 10.4. The highest BCUT2D eigenvalue weighted by Gasteiger charge is 2.16. The van der Waals surface area contributed by atoms with Gasteiger partial charge in [0.25, 0.3) is 11.8 Å². The number of hydrogen-bond acceptors (Lipinski definition) is 3. The molecule has 0 radical (unpaired) electrons. The van der Waals surface area contributed by atoms with Gasteiger partial charge in [-0.15, -0.1) is 0 Å². The molecule has 2 N–H and O–H groups in total. The molecule has 3 rings (SSSR count). The topological polar surface area (TPSA) is 67.4 Å². The minimum Gasteiger partial charge on any atom is -0.496 e. The SMILES string of the molecule is CCc1ccc(Cl)c(C(=O)Nc2ccc(OC)c(C(=O)Nc3ccc(Br)cc3)c2)c1. The van der Waals surface area contributed by atoms with Crippen LogP contribution in [-0.2, 0) is 6.42 Å². The molecular formula is C23H20BrClN2O3. The van der Waals surface area contributed by atoms with E-state index in [1.165, 1.54) is 7.11 Å². The zero-order valence-corrected chi connectivity index (χ0v) is 18.8. The van der Waals surface area contributed by atoms with Crippen molar-refractivity contribution in [3.63, 3.8) is 0 Å². The zero-order valence-electron chi connectivity index (χ0n) is 16.5. The van der Waals surface area contributed by atoms with Crippen LogP contribution in [0.5, 0.6) is 5.75 Å². The molecule has 0 aliphatic carbocycles. The van der Waals surface area contributed by atoms with Gasteiger partial charge in [0.05, 0.1) is 23.3 Å². The molecule has 0 aliphatic heterocycles. The molecule has 0 heterocycles. The highest BCUT2D eigenvalue weighted by molar-refractivity contribution is 9.10. The average Bonchev–Trinajstić information content (AvgIpc) is 2.75. The van der Waals surface area contributed by atoms with Crippen LogP contribution in [-0.4, -0.2) is 18.9 Å². The van der Waals surface area contributed by atoms with E-state index in [4.69, 9.17) is 16.3 Å². The summed E-state index contributed by atoms with van der Waals surface area (Å²) in [7, 11) is 1.49. The minimum atomic E-state index is -0.351. The number of ether oxygens (including phenoxy) is 1. The van der Waals surface area contributed by atoms with Gasteiger partial charge >= 0.3 is 0 Å². The van der Waals surface area contributed by atoms with Crippen molar-refractivity contribution in [3.05, 3.63) is 86.8 Å². The molecule has 2 amide bonds. The maximum Gasteiger partial charge on any atom is 0.259 e. The Bertz CT molecular complexity index is 1080. The quantitative estimate of drug-likeness (QED) is 0.436. The summed E-state index contributed by atoms with van der Waals surface area (Å²) < 4.78 is 6.23. The van der Waals surface area contributed by atoms with Gasteiger partial charge in [0.2, 0.25) is 0 Å². The summed E-state index contributed by atoms with van der Waals surface area (Å²) in [6.07, 6.45) is 0.792. The molecule has 3 aromatic rings. The van der Waals surface area contributed by atoms with E-state index in [1.807, 2.05) is 25.1 Å². The molecule has 0 saturated heterocycles. The number of hydrogen-bond donors (Lipinski definition) is 2. The number of methoxy groups -OCH3 is 1. The van der Waals surface area contributed by atoms with Crippen molar-refractivity contribution >= 4 is 50.7 Å². The number of anilines is 2. The first kappa shape index (κ1) is 21.9. The number of carbonyl (C=O) groups is 2. The van der Waals surface area contributed by atoms with Gasteiger partial charge in [0, 0.05) is 15.8 Å². The van der Waals surface area contributed by atoms with Crippen molar-refractivity contribution in [2.24, 2.45) is 0 Å². The van der Waals surface area contributed by atoms with E-state index in [0.717, 1.165) is 16.5 Å². The van der Waals surface area contributed by atoms with Crippen LogP contribution >= 0.6 is 27.5 Å². The maximum atomic E-state index is 12.8. The maximum absolute atomic E-state index is 12.8. The molecule has 3 aromatic carbocycles. The lowest BCUT2D eigenvalue weighted by Gasteiger charge is -2.13. The van der Waals surface area contributed by atoms with Crippen molar-refractivity contribution in [2.45, 2.75) is 13.3 Å². The standard InChI is InChI=1S/C23H20BrClN2O3/c1-3-14-4-10-20(25)18(12-14)22(28)27-17-9-11-21(30-2)19(13-17)23(29)26-16-7-5-15(24)6-8-16/h4-13H,3H2,1-2H3,(H,26,29)(H,27,28). The summed E-state index contributed by atoms with van der Waals surface area (Å²) in [5.74, 6) is -0.301. The van der Waals surface area contributed by atoms with E-state index >= 15 is 0 Å². The first-order chi connectivity index (χ1) is 14.4. The fraction of sp³-hybridized carbons (Fsp3) is 0.130. The molecule has 0 bridgehead atoms. The van der Waals surface area contributed by atoms with E-state index in [1.54, 1.807) is 42.5 Å². The first-order valence-electron chi connectivity index (χ1n) is 9.26. The zero-order chi connectivity index (χ0) is 21.7. The molecule has 0 fully saturated rings. The van der Waals surface area contributed by atoms with E-state index in [9.17, 15) is 9.59 Å². The van der Waals surface area contributed by atoms with Crippen LogP contribution in [0.1, 0.15) is 33.2 Å². The predicted molar refractivity (Wildman–Crippen MR) is 124 cm³/mol. The number of halogens is 2. The second kappa shape index (κ2) is 9.78. The van der Waals surface area contributed by atoms with Crippen LogP contribution in [0.2, 0.25) is 5.02 Å². The third kappa shape index (κ3) is 5.20. The lowest BCUT2D eigenvalue weighted by Crippen LogP contribution is -2.16. The Kier molecular flexibility index (Phi) is 7.13. The Balaban J connectivity index is 1.84. The lowest BCUT2D eigenvalue weighted by molar-refractivity contribution is 0.101. The summed E-state index contributed by atoms with van der Waals surface area (Å²) in [6, 6.07) is 17.5. The van der Waals surface area contributed by atoms with Crippen LogP contribution in [0.15, 0.2) is 65.1 Å². The fourth-order valence-electron chi connectivity index (χ4n) is 2.86. The molecular weight excluding hydrogens is 468 g/mol. The molecule has 30 heavy (non-hydrogen) atoms. The Labute approximate surface area is 188 Å². The van der Waals surface area contributed by atoms with E-state index < -0.39 is 0 Å². The molecule has 0 unspecified atom stereocenters. The van der Waals surface area contributed by atoms with Gasteiger partial charge in [-0.2, -0.15) is 0 Å². The highest BCUT2D eigenvalue weighted by Crippen LogP contribution is 2.26. The van der Waals surface area contributed by atoms with Crippen molar-refractivity contribution in [1.82, 2.24) is 0 Å². The molecule has 0 atom stereocenters. The smallest absolute Gasteiger partial charge is 0.259 e. The second-order valence-electron chi connectivity index (χ2n) is 6.50. The Morgan fingerprint density at radius 2 is 1.53 bits per heavy atom. The van der Waals surface area contributed by atoms with Gasteiger partial charge in [-0.1, -0.05) is 40.5 Å². The summed E-state index contributed by atoms with van der Waals surface area (Å²) in [5, 5.41) is 5.99. The molecule has 0 spiro atoms. The van der Waals surface area contributed by atoms with Crippen molar-refractivity contribution < 1.29 is 14.3 Å². The van der Waals surface area contributed by atoms with Gasteiger partial charge < -0.3 is 15.4 Å². The summed E-state index contributed by atoms with van der Waals surface area (Å²) >= 11 is 9.56. The number of nitrogens with one attached hydrogen (secondary N) is 2. The third-order valence-electron chi connectivity index (χ3n) is 4.49. The molecule has 0 aliphatic rings.